The second-order valence-electron chi connectivity index (χ2n) is 4.39. The Morgan fingerprint density at radius 3 is 2.72 bits per heavy atom. The largest absolute Gasteiger partial charge is 0.478 e. The van der Waals surface area contributed by atoms with Gasteiger partial charge in [0.05, 0.1) is 17.4 Å². The topological polar surface area (TPSA) is 82.5 Å². The van der Waals surface area contributed by atoms with E-state index in [0.29, 0.717) is 11.7 Å². The molecule has 0 unspecified atom stereocenters. The predicted octanol–water partition coefficient (Wildman–Crippen LogP) is 1.80. The van der Waals surface area contributed by atoms with E-state index in [-0.39, 0.29) is 11.6 Å². The average molecular weight is 249 g/mol. The summed E-state index contributed by atoms with van der Waals surface area (Å²) in [6, 6.07) is 1.45. The summed E-state index contributed by atoms with van der Waals surface area (Å²) in [5, 5.41) is 11.5. The molecule has 1 aliphatic rings. The number of anilines is 1. The number of aromatic nitrogens is 1. The Morgan fingerprint density at radius 1 is 1.44 bits per heavy atom. The van der Waals surface area contributed by atoms with Crippen molar-refractivity contribution in [3.05, 3.63) is 24.0 Å². The number of aromatic carboxylic acids is 1. The summed E-state index contributed by atoms with van der Waals surface area (Å²) in [5.41, 5.74) is 0.449. The number of carbonyl (C=O) groups excluding carboxylic acids is 1. The van der Waals surface area contributed by atoms with Crippen molar-refractivity contribution in [2.75, 3.05) is 12.4 Å². The van der Waals surface area contributed by atoms with E-state index < -0.39 is 5.97 Å². The summed E-state index contributed by atoms with van der Waals surface area (Å²) in [6.07, 6.45) is 5.87. The Kier molecular flexibility index (Phi) is 3.45. The molecule has 1 heterocycles. The molecule has 2 N–H and O–H groups in total. The highest BCUT2D eigenvalue weighted by atomic mass is 16.4. The fourth-order valence-corrected chi connectivity index (χ4v) is 1.78. The number of nitrogens with one attached hydrogen (secondary N) is 1. The van der Waals surface area contributed by atoms with E-state index in [2.05, 4.69) is 10.3 Å². The number of urea groups is 1. The first-order valence-corrected chi connectivity index (χ1v) is 5.80. The van der Waals surface area contributed by atoms with Crippen LogP contribution in [0.3, 0.4) is 0 Å². The fourth-order valence-electron chi connectivity index (χ4n) is 1.78. The van der Waals surface area contributed by atoms with Crippen LogP contribution < -0.4 is 5.32 Å². The summed E-state index contributed by atoms with van der Waals surface area (Å²) >= 11 is 0. The van der Waals surface area contributed by atoms with Gasteiger partial charge in [-0.3, -0.25) is 4.98 Å². The molecular formula is C12H15N3O3. The highest BCUT2D eigenvalue weighted by Gasteiger charge is 2.25. The van der Waals surface area contributed by atoms with E-state index >= 15 is 0 Å². The zero-order valence-corrected chi connectivity index (χ0v) is 10.1. The van der Waals surface area contributed by atoms with Crippen LogP contribution >= 0.6 is 0 Å². The summed E-state index contributed by atoms with van der Waals surface area (Å²) in [6.45, 7) is 0. The van der Waals surface area contributed by atoms with Crippen molar-refractivity contribution < 1.29 is 14.7 Å². The third-order valence-corrected chi connectivity index (χ3v) is 3.18. The highest BCUT2D eigenvalue weighted by Crippen LogP contribution is 2.24. The van der Waals surface area contributed by atoms with Crippen molar-refractivity contribution >= 4 is 17.7 Å². The van der Waals surface area contributed by atoms with Crippen molar-refractivity contribution in [1.29, 1.82) is 0 Å². The minimum atomic E-state index is -1.06. The van der Waals surface area contributed by atoms with Gasteiger partial charge in [-0.05, 0) is 25.3 Å². The third kappa shape index (κ3) is 2.58. The molecule has 2 amide bonds. The van der Waals surface area contributed by atoms with E-state index in [1.165, 1.54) is 18.5 Å². The maximum absolute atomic E-state index is 11.9. The molecular weight excluding hydrogens is 234 g/mol. The standard InChI is InChI=1S/C12H15N3O3/c1-15(10-3-2-4-10)12(18)14-9-5-8(11(16)17)6-13-7-9/h5-7,10H,2-4H2,1H3,(H,14,18)(H,16,17). The molecule has 1 aromatic rings. The van der Waals surface area contributed by atoms with Gasteiger partial charge < -0.3 is 15.3 Å². The van der Waals surface area contributed by atoms with Crippen LogP contribution in [0.2, 0.25) is 0 Å². The summed E-state index contributed by atoms with van der Waals surface area (Å²) in [5.74, 6) is -1.06. The number of hydrogen-bond donors (Lipinski definition) is 2. The molecule has 96 valence electrons. The van der Waals surface area contributed by atoms with Gasteiger partial charge in [0.15, 0.2) is 0 Å². The number of rotatable bonds is 3. The molecule has 0 radical (unpaired) electrons. The maximum atomic E-state index is 11.9. The Balaban J connectivity index is 2.02. The normalized spacial score (nSPS) is 14.7. The molecule has 0 aromatic carbocycles. The van der Waals surface area contributed by atoms with Crippen molar-refractivity contribution in [3.63, 3.8) is 0 Å². The van der Waals surface area contributed by atoms with Gasteiger partial charge in [0, 0.05) is 19.3 Å². The van der Waals surface area contributed by atoms with E-state index in [9.17, 15) is 9.59 Å². The number of pyridine rings is 1. The Labute approximate surface area is 105 Å². The highest BCUT2D eigenvalue weighted by molar-refractivity contribution is 5.92. The molecule has 2 rings (SSSR count). The number of hydrogen-bond acceptors (Lipinski definition) is 3. The van der Waals surface area contributed by atoms with Gasteiger partial charge in [-0.1, -0.05) is 0 Å². The summed E-state index contributed by atoms with van der Waals surface area (Å²) < 4.78 is 0. The first-order valence-electron chi connectivity index (χ1n) is 5.80. The molecule has 0 spiro atoms. The molecule has 18 heavy (non-hydrogen) atoms. The van der Waals surface area contributed by atoms with Crippen molar-refractivity contribution in [3.8, 4) is 0 Å². The summed E-state index contributed by atoms with van der Waals surface area (Å²) in [7, 11) is 1.74. The van der Waals surface area contributed by atoms with Crippen LogP contribution in [0, 0.1) is 0 Å². The maximum Gasteiger partial charge on any atom is 0.337 e. The third-order valence-electron chi connectivity index (χ3n) is 3.18. The molecule has 6 heteroatoms. The lowest BCUT2D eigenvalue weighted by atomic mass is 9.92. The van der Waals surface area contributed by atoms with Crippen LogP contribution in [-0.4, -0.2) is 40.1 Å². The molecule has 6 nitrogen and oxygen atoms in total. The number of carboxylic acid groups (broad SMARTS) is 1. The van der Waals surface area contributed by atoms with Crippen LogP contribution in [0.5, 0.6) is 0 Å². The first-order chi connectivity index (χ1) is 8.58. The van der Waals surface area contributed by atoms with Gasteiger partial charge in [0.25, 0.3) is 0 Å². The second-order valence-corrected chi connectivity index (χ2v) is 4.39. The van der Waals surface area contributed by atoms with E-state index in [1.54, 1.807) is 11.9 Å². The molecule has 1 fully saturated rings. The smallest absolute Gasteiger partial charge is 0.337 e. The Morgan fingerprint density at radius 2 is 2.17 bits per heavy atom. The lowest BCUT2D eigenvalue weighted by Crippen LogP contribution is -2.43. The second kappa shape index (κ2) is 5.03. The lowest BCUT2D eigenvalue weighted by molar-refractivity contribution is 0.0696. The SMILES string of the molecule is CN(C(=O)Nc1cncc(C(=O)O)c1)C1CCC1. The van der Waals surface area contributed by atoms with Crippen LogP contribution in [-0.2, 0) is 0 Å². The quantitative estimate of drug-likeness (QED) is 0.855. The van der Waals surface area contributed by atoms with Gasteiger partial charge in [0.2, 0.25) is 0 Å². The van der Waals surface area contributed by atoms with E-state index in [4.69, 9.17) is 5.11 Å². The number of nitrogens with zero attached hydrogens (tertiary/aromatic N) is 2. The van der Waals surface area contributed by atoms with Gasteiger partial charge in [-0.15, -0.1) is 0 Å². The molecule has 0 aliphatic heterocycles. The Hall–Kier alpha value is -2.11. The molecule has 1 saturated carbocycles. The fraction of sp³-hybridized carbons (Fsp3) is 0.417. The van der Waals surface area contributed by atoms with Crippen molar-refractivity contribution in [2.45, 2.75) is 25.3 Å². The number of carbonyl (C=O) groups is 2. The van der Waals surface area contributed by atoms with Gasteiger partial charge in [0.1, 0.15) is 0 Å². The first kappa shape index (κ1) is 12.3. The van der Waals surface area contributed by atoms with E-state index in [0.717, 1.165) is 19.3 Å². The van der Waals surface area contributed by atoms with E-state index in [1.807, 2.05) is 0 Å². The zero-order valence-electron chi connectivity index (χ0n) is 10.1. The van der Waals surface area contributed by atoms with Crippen LogP contribution in [0.1, 0.15) is 29.6 Å². The minimum Gasteiger partial charge on any atom is -0.478 e. The lowest BCUT2D eigenvalue weighted by Gasteiger charge is -2.34. The Bertz CT molecular complexity index is 471. The van der Waals surface area contributed by atoms with Crippen LogP contribution in [0.15, 0.2) is 18.5 Å². The van der Waals surface area contributed by atoms with Crippen LogP contribution in [0.4, 0.5) is 10.5 Å². The predicted molar refractivity (Wildman–Crippen MR) is 65.6 cm³/mol. The summed E-state index contributed by atoms with van der Waals surface area (Å²) in [4.78, 5) is 28.1. The average Bonchev–Trinajstić information content (AvgIpc) is 2.26. The molecule has 0 saturated heterocycles. The van der Waals surface area contributed by atoms with Crippen LogP contribution in [0.25, 0.3) is 0 Å². The van der Waals surface area contributed by atoms with Gasteiger partial charge >= 0.3 is 12.0 Å². The molecule has 0 bridgehead atoms. The van der Waals surface area contributed by atoms with Gasteiger partial charge in [-0.25, -0.2) is 9.59 Å². The van der Waals surface area contributed by atoms with Gasteiger partial charge in [-0.2, -0.15) is 0 Å². The molecule has 1 aromatic heterocycles. The molecule has 1 aliphatic carbocycles. The zero-order chi connectivity index (χ0) is 13.1. The number of carboxylic acids is 1. The van der Waals surface area contributed by atoms with Crippen molar-refractivity contribution in [2.24, 2.45) is 0 Å². The monoisotopic (exact) mass is 249 g/mol. The van der Waals surface area contributed by atoms with Crippen molar-refractivity contribution in [1.82, 2.24) is 9.88 Å². The number of amides is 2. The molecule has 0 atom stereocenters. The minimum absolute atomic E-state index is 0.0547.